The van der Waals surface area contributed by atoms with Crippen LogP contribution >= 0.6 is 24.0 Å². The first kappa shape index (κ1) is 19.2. The summed E-state index contributed by atoms with van der Waals surface area (Å²) >= 11 is 5.87. The Balaban J connectivity index is 0.00000361. The summed E-state index contributed by atoms with van der Waals surface area (Å²) in [5, 5.41) is 4.04. The molecule has 7 heteroatoms. The zero-order valence-corrected chi connectivity index (χ0v) is 14.0. The molecular formula is C13H23Cl2N3O2. The minimum absolute atomic E-state index is 0. The lowest BCUT2D eigenvalue weighted by molar-refractivity contribution is -0.131. The molecule has 0 aromatic carbocycles. The number of carbonyl (C=O) groups excluding carboxylic acids is 1. The van der Waals surface area contributed by atoms with E-state index in [9.17, 15) is 4.79 Å². The molecule has 0 radical (unpaired) electrons. The second-order valence-corrected chi connectivity index (χ2v) is 5.98. The van der Waals surface area contributed by atoms with Gasteiger partial charge in [-0.15, -0.1) is 12.4 Å². The number of aryl methyl sites for hydroxylation is 1. The number of carbonyl (C=O) groups is 1. The van der Waals surface area contributed by atoms with E-state index in [1.54, 1.807) is 11.9 Å². The van der Waals surface area contributed by atoms with Gasteiger partial charge in [0, 0.05) is 25.6 Å². The Bertz CT molecular complexity index is 427. The molecule has 0 aliphatic carbocycles. The van der Waals surface area contributed by atoms with Crippen LogP contribution in [-0.2, 0) is 11.2 Å². The van der Waals surface area contributed by atoms with Crippen molar-refractivity contribution in [1.29, 1.82) is 0 Å². The minimum Gasteiger partial charge on any atom is -0.345 e. The first-order chi connectivity index (χ1) is 8.76. The molecule has 5 nitrogen and oxygen atoms in total. The Morgan fingerprint density at radius 1 is 1.50 bits per heavy atom. The van der Waals surface area contributed by atoms with Gasteiger partial charge in [-0.2, -0.15) is 0 Å². The maximum atomic E-state index is 12.0. The van der Waals surface area contributed by atoms with Crippen LogP contribution in [0.3, 0.4) is 0 Å². The van der Waals surface area contributed by atoms with E-state index in [0.29, 0.717) is 25.9 Å². The van der Waals surface area contributed by atoms with Crippen molar-refractivity contribution >= 4 is 29.9 Å². The van der Waals surface area contributed by atoms with Crippen molar-refractivity contribution in [2.45, 2.75) is 33.6 Å². The fourth-order valence-corrected chi connectivity index (χ4v) is 2.12. The predicted octanol–water partition coefficient (Wildman–Crippen LogP) is 2.43. The molecule has 0 spiro atoms. The molecule has 0 bridgehead atoms. The Morgan fingerprint density at radius 2 is 2.10 bits per heavy atom. The summed E-state index contributed by atoms with van der Waals surface area (Å²) in [4.78, 5) is 13.8. The third-order valence-electron chi connectivity index (χ3n) is 3.17. The largest absolute Gasteiger partial charge is 0.345 e. The van der Waals surface area contributed by atoms with Crippen LogP contribution in [0.4, 0.5) is 0 Å². The van der Waals surface area contributed by atoms with Crippen LogP contribution in [0.25, 0.3) is 0 Å². The summed E-state index contributed by atoms with van der Waals surface area (Å²) in [6.45, 7) is 7.08. The first-order valence-electron chi connectivity index (χ1n) is 6.31. The lowest BCUT2D eigenvalue weighted by atomic mass is 9.93. The number of nitrogens with two attached hydrogens (primary N) is 1. The molecule has 1 heterocycles. The van der Waals surface area contributed by atoms with Gasteiger partial charge in [-0.05, 0) is 36.9 Å². The summed E-state index contributed by atoms with van der Waals surface area (Å²) < 4.78 is 4.86. The summed E-state index contributed by atoms with van der Waals surface area (Å²) in [7, 11) is 1.79. The van der Waals surface area contributed by atoms with Gasteiger partial charge in [0.1, 0.15) is 0 Å². The molecule has 1 amide bonds. The number of hydrogen-bond acceptors (Lipinski definition) is 4. The van der Waals surface area contributed by atoms with E-state index in [4.69, 9.17) is 21.9 Å². The molecule has 1 aromatic rings. The number of nitrogens with zero attached hydrogens (tertiary/aromatic N) is 2. The molecule has 0 saturated carbocycles. The molecule has 1 aromatic heterocycles. The standard InChI is InChI=1S/C13H22ClN3O2.ClH/c1-9-10(12(14)19-16-9)5-6-11(18)17(4)8-13(2,3)7-15;/h5-8,15H2,1-4H3;1H. The normalized spacial score (nSPS) is 11.1. The molecule has 2 N–H and O–H groups in total. The zero-order valence-electron chi connectivity index (χ0n) is 12.4. The Labute approximate surface area is 131 Å². The Morgan fingerprint density at radius 3 is 2.55 bits per heavy atom. The molecular weight excluding hydrogens is 301 g/mol. The van der Waals surface area contributed by atoms with E-state index in [-0.39, 0.29) is 28.9 Å². The monoisotopic (exact) mass is 323 g/mol. The van der Waals surface area contributed by atoms with Gasteiger partial charge in [-0.3, -0.25) is 4.79 Å². The van der Waals surface area contributed by atoms with Gasteiger partial charge in [0.15, 0.2) is 0 Å². The number of halogens is 2. The molecule has 0 aliphatic rings. The SMILES string of the molecule is Cc1noc(Cl)c1CCC(=O)N(C)CC(C)(C)CN.Cl. The maximum absolute atomic E-state index is 12.0. The van der Waals surface area contributed by atoms with E-state index in [0.717, 1.165) is 11.3 Å². The van der Waals surface area contributed by atoms with Crippen molar-refractivity contribution in [3.8, 4) is 0 Å². The summed E-state index contributed by atoms with van der Waals surface area (Å²) in [6, 6.07) is 0. The lowest BCUT2D eigenvalue weighted by Crippen LogP contribution is -2.39. The molecule has 20 heavy (non-hydrogen) atoms. The van der Waals surface area contributed by atoms with Crippen molar-refractivity contribution < 1.29 is 9.32 Å². The highest BCUT2D eigenvalue weighted by Crippen LogP contribution is 2.21. The Kier molecular flexibility index (Phi) is 7.55. The van der Waals surface area contributed by atoms with Crippen molar-refractivity contribution in [3.05, 3.63) is 16.5 Å². The van der Waals surface area contributed by atoms with Crippen molar-refractivity contribution in [1.82, 2.24) is 10.1 Å². The zero-order chi connectivity index (χ0) is 14.6. The molecule has 116 valence electrons. The number of aromatic nitrogens is 1. The van der Waals surface area contributed by atoms with E-state index in [1.165, 1.54) is 0 Å². The van der Waals surface area contributed by atoms with Crippen molar-refractivity contribution in [3.63, 3.8) is 0 Å². The molecule has 0 atom stereocenters. The number of hydrogen-bond donors (Lipinski definition) is 1. The second-order valence-electron chi connectivity index (χ2n) is 5.64. The van der Waals surface area contributed by atoms with Gasteiger partial charge in [0.25, 0.3) is 0 Å². The molecule has 0 fully saturated rings. The van der Waals surface area contributed by atoms with Crippen LogP contribution in [-0.4, -0.2) is 36.1 Å². The van der Waals surface area contributed by atoms with Crippen molar-refractivity contribution in [2.75, 3.05) is 20.1 Å². The highest BCUT2D eigenvalue weighted by atomic mass is 35.5. The average molecular weight is 324 g/mol. The van der Waals surface area contributed by atoms with Gasteiger partial charge in [-0.1, -0.05) is 19.0 Å². The number of amides is 1. The summed E-state index contributed by atoms with van der Waals surface area (Å²) in [6.07, 6.45) is 0.930. The Hall–Kier alpha value is -0.780. The predicted molar refractivity (Wildman–Crippen MR) is 82.3 cm³/mol. The average Bonchev–Trinajstić information content (AvgIpc) is 2.65. The van der Waals surface area contributed by atoms with E-state index >= 15 is 0 Å². The van der Waals surface area contributed by atoms with Crippen LogP contribution in [0, 0.1) is 12.3 Å². The van der Waals surface area contributed by atoms with Crippen LogP contribution in [0.2, 0.25) is 5.22 Å². The fraction of sp³-hybridized carbons (Fsp3) is 0.692. The smallest absolute Gasteiger partial charge is 0.229 e. The highest BCUT2D eigenvalue weighted by molar-refractivity contribution is 6.29. The number of rotatable bonds is 6. The van der Waals surface area contributed by atoms with Crippen molar-refractivity contribution in [2.24, 2.45) is 11.1 Å². The van der Waals surface area contributed by atoms with Gasteiger partial charge >= 0.3 is 0 Å². The highest BCUT2D eigenvalue weighted by Gasteiger charge is 2.21. The van der Waals surface area contributed by atoms with Crippen LogP contribution < -0.4 is 5.73 Å². The fourth-order valence-electron chi connectivity index (χ4n) is 1.86. The minimum atomic E-state index is -0.0742. The molecule has 1 rings (SSSR count). The molecule has 0 unspecified atom stereocenters. The molecule has 0 saturated heterocycles. The molecule has 0 aliphatic heterocycles. The van der Waals surface area contributed by atoms with E-state index < -0.39 is 0 Å². The summed E-state index contributed by atoms with van der Waals surface area (Å²) in [5.74, 6) is 0.0678. The second kappa shape index (κ2) is 7.86. The maximum Gasteiger partial charge on any atom is 0.229 e. The van der Waals surface area contributed by atoms with Crippen LogP contribution in [0.1, 0.15) is 31.5 Å². The van der Waals surface area contributed by atoms with Gasteiger partial charge in [-0.25, -0.2) is 0 Å². The van der Waals surface area contributed by atoms with Gasteiger partial charge in [0.05, 0.1) is 5.69 Å². The third-order valence-corrected chi connectivity index (χ3v) is 3.47. The summed E-state index contributed by atoms with van der Waals surface area (Å²) in [5.41, 5.74) is 7.14. The van der Waals surface area contributed by atoms with E-state index in [2.05, 4.69) is 5.16 Å². The van der Waals surface area contributed by atoms with Crippen LogP contribution in [0.15, 0.2) is 4.52 Å². The van der Waals surface area contributed by atoms with Gasteiger partial charge < -0.3 is 15.2 Å². The van der Waals surface area contributed by atoms with Crippen LogP contribution in [0.5, 0.6) is 0 Å². The lowest BCUT2D eigenvalue weighted by Gasteiger charge is -2.29. The quantitative estimate of drug-likeness (QED) is 0.872. The van der Waals surface area contributed by atoms with E-state index in [1.807, 2.05) is 20.8 Å². The third kappa shape index (κ3) is 5.31. The van der Waals surface area contributed by atoms with Gasteiger partial charge in [0.2, 0.25) is 11.1 Å². The topological polar surface area (TPSA) is 72.4 Å². The first-order valence-corrected chi connectivity index (χ1v) is 6.69.